The largest absolute Gasteiger partial charge is 0.394 e. The molecule has 0 bridgehead atoms. The van der Waals surface area contributed by atoms with Gasteiger partial charge in [0.15, 0.2) is 0 Å². The summed E-state index contributed by atoms with van der Waals surface area (Å²) >= 11 is 0. The van der Waals surface area contributed by atoms with Crippen LogP contribution in [0.3, 0.4) is 0 Å². The first-order chi connectivity index (χ1) is 23.6. The lowest BCUT2D eigenvalue weighted by atomic mass is 10.0. The van der Waals surface area contributed by atoms with E-state index in [1.807, 2.05) is 6.08 Å². The fourth-order valence-corrected chi connectivity index (χ4v) is 6.14. The molecule has 48 heavy (non-hydrogen) atoms. The Kier molecular flexibility index (Phi) is 37.2. The molecule has 0 aromatic heterocycles. The molecule has 282 valence electrons. The number of allylic oxidation sites excluding steroid dienone is 5. The van der Waals surface area contributed by atoms with Gasteiger partial charge in [0.05, 0.1) is 18.8 Å². The van der Waals surface area contributed by atoms with Gasteiger partial charge >= 0.3 is 0 Å². The second kappa shape index (κ2) is 38.4. The van der Waals surface area contributed by atoms with Gasteiger partial charge in [0.2, 0.25) is 5.91 Å². The van der Waals surface area contributed by atoms with Crippen LogP contribution in [0.15, 0.2) is 36.5 Å². The molecule has 0 aliphatic rings. The smallest absolute Gasteiger partial charge is 0.249 e. The van der Waals surface area contributed by atoms with Crippen molar-refractivity contribution >= 4 is 5.91 Å². The number of carbonyl (C=O) groups is 1. The molecule has 0 spiro atoms. The summed E-state index contributed by atoms with van der Waals surface area (Å²) in [4.78, 5) is 12.4. The SMILES string of the molecule is CCCCCCC/C=C/CC/C=C/C(O)C(CO)NC(=O)C(O)CCCCCCCCC/C=C\CCCCCCCCCCCCCC. The maximum absolute atomic E-state index is 12.4. The molecule has 0 radical (unpaired) electrons. The van der Waals surface area contributed by atoms with Crippen LogP contribution in [0.2, 0.25) is 0 Å². The number of rotatable bonds is 37. The predicted octanol–water partition coefficient (Wildman–Crippen LogP) is 11.6. The Morgan fingerprint density at radius 2 is 0.854 bits per heavy atom. The van der Waals surface area contributed by atoms with Crippen LogP contribution in [-0.2, 0) is 4.79 Å². The molecule has 0 aromatic carbocycles. The van der Waals surface area contributed by atoms with E-state index in [1.165, 1.54) is 148 Å². The van der Waals surface area contributed by atoms with Gasteiger partial charge in [-0.15, -0.1) is 0 Å². The summed E-state index contributed by atoms with van der Waals surface area (Å²) in [6.45, 7) is 4.14. The number of unbranched alkanes of at least 4 members (excludes halogenated alkanes) is 25. The maximum Gasteiger partial charge on any atom is 0.249 e. The minimum Gasteiger partial charge on any atom is -0.394 e. The maximum atomic E-state index is 12.4. The standard InChI is InChI=1S/C43H81NO4/c1-3-5-7-9-11-13-15-16-17-18-19-20-21-22-23-24-25-26-28-30-32-34-36-38-42(47)43(48)44-40(39-45)41(46)37-35-33-31-29-27-14-12-10-8-6-4-2/h22-23,27,29,35,37,40-42,45-47H,3-21,24-26,28,30-34,36,38-39H2,1-2H3,(H,44,48)/b23-22-,29-27+,37-35+. The summed E-state index contributed by atoms with van der Waals surface area (Å²) < 4.78 is 0. The van der Waals surface area contributed by atoms with Crippen LogP contribution in [-0.4, -0.2) is 46.1 Å². The summed E-state index contributed by atoms with van der Waals surface area (Å²) in [7, 11) is 0. The van der Waals surface area contributed by atoms with Gasteiger partial charge in [-0.3, -0.25) is 4.79 Å². The van der Waals surface area contributed by atoms with Crippen LogP contribution in [0.4, 0.5) is 0 Å². The Hall–Kier alpha value is -1.43. The molecule has 1 amide bonds. The normalized spacial score (nSPS) is 14.0. The molecule has 0 saturated heterocycles. The number of aliphatic hydroxyl groups excluding tert-OH is 3. The Morgan fingerprint density at radius 1 is 0.500 bits per heavy atom. The van der Waals surface area contributed by atoms with Crippen LogP contribution >= 0.6 is 0 Å². The highest BCUT2D eigenvalue weighted by atomic mass is 16.3. The second-order valence-electron chi connectivity index (χ2n) is 14.2. The molecular formula is C43H81NO4. The average molecular weight is 676 g/mol. The number of amides is 1. The second-order valence-corrected chi connectivity index (χ2v) is 14.2. The van der Waals surface area contributed by atoms with Gasteiger partial charge in [-0.25, -0.2) is 0 Å². The van der Waals surface area contributed by atoms with E-state index in [2.05, 4.69) is 43.5 Å². The van der Waals surface area contributed by atoms with Gasteiger partial charge in [0.1, 0.15) is 6.10 Å². The number of aliphatic hydroxyl groups is 3. The lowest BCUT2D eigenvalue weighted by Crippen LogP contribution is -2.48. The molecule has 0 heterocycles. The molecule has 0 aromatic rings. The van der Waals surface area contributed by atoms with Crippen LogP contribution in [0.5, 0.6) is 0 Å². The topological polar surface area (TPSA) is 89.8 Å². The summed E-state index contributed by atoms with van der Waals surface area (Å²) in [6, 6.07) is -0.814. The van der Waals surface area contributed by atoms with Gasteiger partial charge in [-0.1, -0.05) is 185 Å². The van der Waals surface area contributed by atoms with Crippen LogP contribution in [0.1, 0.15) is 206 Å². The van der Waals surface area contributed by atoms with Crippen molar-refractivity contribution in [1.82, 2.24) is 5.32 Å². The summed E-state index contributed by atoms with van der Waals surface area (Å²) in [5.74, 6) is -0.518. The van der Waals surface area contributed by atoms with E-state index in [9.17, 15) is 20.1 Å². The molecular weight excluding hydrogens is 594 g/mol. The Morgan fingerprint density at radius 3 is 1.27 bits per heavy atom. The number of hydrogen-bond acceptors (Lipinski definition) is 4. The molecule has 0 aliphatic carbocycles. The fraction of sp³-hybridized carbons (Fsp3) is 0.837. The monoisotopic (exact) mass is 676 g/mol. The molecule has 0 fully saturated rings. The van der Waals surface area contributed by atoms with Gasteiger partial charge in [-0.2, -0.15) is 0 Å². The van der Waals surface area contributed by atoms with Crippen molar-refractivity contribution in [2.24, 2.45) is 0 Å². The fourth-order valence-electron chi connectivity index (χ4n) is 6.14. The highest BCUT2D eigenvalue weighted by Crippen LogP contribution is 2.14. The van der Waals surface area contributed by atoms with E-state index >= 15 is 0 Å². The first-order valence-electron chi connectivity index (χ1n) is 20.8. The lowest BCUT2D eigenvalue weighted by Gasteiger charge is -2.21. The molecule has 0 saturated carbocycles. The third-order valence-electron chi connectivity index (χ3n) is 9.45. The van der Waals surface area contributed by atoms with Crippen molar-refractivity contribution in [2.45, 2.75) is 225 Å². The molecule has 5 nitrogen and oxygen atoms in total. The quantitative estimate of drug-likeness (QED) is 0.0390. The van der Waals surface area contributed by atoms with E-state index in [0.717, 1.165) is 38.5 Å². The van der Waals surface area contributed by atoms with Crippen molar-refractivity contribution in [1.29, 1.82) is 0 Å². The average Bonchev–Trinajstić information content (AvgIpc) is 3.09. The summed E-state index contributed by atoms with van der Waals surface area (Å²) in [5, 5.41) is 32.9. The Balaban J connectivity index is 3.67. The highest BCUT2D eigenvalue weighted by Gasteiger charge is 2.22. The zero-order valence-corrected chi connectivity index (χ0v) is 31.9. The predicted molar refractivity (Wildman–Crippen MR) is 208 cm³/mol. The van der Waals surface area contributed by atoms with E-state index in [-0.39, 0.29) is 6.61 Å². The minimum atomic E-state index is -1.11. The van der Waals surface area contributed by atoms with E-state index in [4.69, 9.17) is 0 Å². The summed E-state index contributed by atoms with van der Waals surface area (Å²) in [5.41, 5.74) is 0. The van der Waals surface area contributed by atoms with Crippen molar-refractivity contribution < 1.29 is 20.1 Å². The zero-order chi connectivity index (χ0) is 35.2. The Labute approximate surface area is 298 Å². The van der Waals surface area contributed by atoms with Crippen molar-refractivity contribution in [3.05, 3.63) is 36.5 Å². The molecule has 0 rings (SSSR count). The molecule has 0 aliphatic heterocycles. The van der Waals surface area contributed by atoms with Crippen molar-refractivity contribution in [2.75, 3.05) is 6.61 Å². The number of carbonyl (C=O) groups excluding carboxylic acids is 1. The first-order valence-corrected chi connectivity index (χ1v) is 20.8. The van der Waals surface area contributed by atoms with Gasteiger partial charge in [-0.05, 0) is 57.8 Å². The van der Waals surface area contributed by atoms with Gasteiger partial charge in [0.25, 0.3) is 0 Å². The molecule has 3 atom stereocenters. The van der Waals surface area contributed by atoms with Crippen molar-refractivity contribution in [3.8, 4) is 0 Å². The molecule has 4 N–H and O–H groups in total. The highest BCUT2D eigenvalue weighted by molar-refractivity contribution is 5.80. The van der Waals surface area contributed by atoms with Crippen LogP contribution in [0.25, 0.3) is 0 Å². The molecule has 5 heteroatoms. The minimum absolute atomic E-state index is 0.378. The molecule has 3 unspecified atom stereocenters. The van der Waals surface area contributed by atoms with E-state index in [0.29, 0.717) is 6.42 Å². The van der Waals surface area contributed by atoms with Crippen LogP contribution in [0, 0.1) is 0 Å². The van der Waals surface area contributed by atoms with Gasteiger partial charge in [0, 0.05) is 0 Å². The van der Waals surface area contributed by atoms with Crippen LogP contribution < -0.4 is 5.32 Å². The number of hydrogen-bond donors (Lipinski definition) is 4. The first kappa shape index (κ1) is 46.6. The zero-order valence-electron chi connectivity index (χ0n) is 31.9. The number of nitrogens with one attached hydrogen (secondary N) is 1. The third kappa shape index (κ3) is 33.1. The van der Waals surface area contributed by atoms with Gasteiger partial charge < -0.3 is 20.6 Å². The lowest BCUT2D eigenvalue weighted by molar-refractivity contribution is -0.131. The van der Waals surface area contributed by atoms with E-state index in [1.54, 1.807) is 6.08 Å². The van der Waals surface area contributed by atoms with Crippen molar-refractivity contribution in [3.63, 3.8) is 0 Å². The Bertz CT molecular complexity index is 749. The third-order valence-corrected chi connectivity index (χ3v) is 9.45. The summed E-state index contributed by atoms with van der Waals surface area (Å²) in [6.07, 6.45) is 47.5. The van der Waals surface area contributed by atoms with E-state index < -0.39 is 24.2 Å².